The summed E-state index contributed by atoms with van der Waals surface area (Å²) in [5.41, 5.74) is 0.964. The second kappa shape index (κ2) is 6.26. The molecule has 21 heavy (non-hydrogen) atoms. The van der Waals surface area contributed by atoms with Crippen molar-refractivity contribution in [2.75, 3.05) is 23.9 Å². The summed E-state index contributed by atoms with van der Waals surface area (Å²) in [6.07, 6.45) is 0.731. The van der Waals surface area contributed by atoms with Gasteiger partial charge in [0, 0.05) is 12.1 Å². The van der Waals surface area contributed by atoms with E-state index in [9.17, 15) is 18.0 Å². The van der Waals surface area contributed by atoms with Gasteiger partial charge in [0.05, 0.1) is 24.2 Å². The minimum Gasteiger partial charge on any atom is -0.465 e. The maximum Gasteiger partial charge on any atom is 0.337 e. The number of esters is 1. The monoisotopic (exact) mass is 311 g/mol. The number of anilines is 1. The first-order valence-corrected chi connectivity index (χ1v) is 8.40. The molecular weight excluding hydrogens is 294 g/mol. The molecule has 1 N–H and O–H groups in total. The van der Waals surface area contributed by atoms with Gasteiger partial charge in [-0.1, -0.05) is 0 Å². The molecule has 1 saturated heterocycles. The van der Waals surface area contributed by atoms with Gasteiger partial charge in [0.15, 0.2) is 9.84 Å². The van der Waals surface area contributed by atoms with Crippen molar-refractivity contribution in [3.05, 3.63) is 29.8 Å². The van der Waals surface area contributed by atoms with E-state index < -0.39 is 15.8 Å². The topological polar surface area (TPSA) is 89.5 Å². The van der Waals surface area contributed by atoms with E-state index >= 15 is 0 Å². The summed E-state index contributed by atoms with van der Waals surface area (Å²) in [6, 6.07) is 6.33. The molecule has 1 amide bonds. The Kier molecular flexibility index (Phi) is 4.62. The Balaban J connectivity index is 1.90. The molecule has 6 nitrogen and oxygen atoms in total. The van der Waals surface area contributed by atoms with Crippen molar-refractivity contribution in [2.45, 2.75) is 12.8 Å². The summed E-state index contributed by atoms with van der Waals surface area (Å²) < 4.78 is 27.3. The molecule has 0 spiro atoms. The number of benzene rings is 1. The number of hydrogen-bond donors (Lipinski definition) is 1. The molecule has 0 radical (unpaired) electrons. The standard InChI is InChI=1S/C14H17NO5S/c1-20-14(17)11-2-4-12(5-3-11)15-13(16)8-10-6-7-21(18,19)9-10/h2-5,10H,6-9H2,1H3,(H,15,16)/t10-/m1/s1. The average Bonchev–Trinajstić information content (AvgIpc) is 2.77. The van der Waals surface area contributed by atoms with E-state index in [1.165, 1.54) is 7.11 Å². The Hall–Kier alpha value is -1.89. The predicted molar refractivity (Wildman–Crippen MR) is 77.8 cm³/mol. The third-order valence-electron chi connectivity index (χ3n) is 3.39. The zero-order valence-electron chi connectivity index (χ0n) is 11.7. The van der Waals surface area contributed by atoms with E-state index in [0.717, 1.165) is 0 Å². The second-order valence-electron chi connectivity index (χ2n) is 5.09. The summed E-state index contributed by atoms with van der Waals surface area (Å²) >= 11 is 0. The van der Waals surface area contributed by atoms with Gasteiger partial charge in [-0.15, -0.1) is 0 Å². The van der Waals surface area contributed by atoms with E-state index in [2.05, 4.69) is 10.1 Å². The predicted octanol–water partition coefficient (Wildman–Crippen LogP) is 1.24. The molecule has 0 aromatic heterocycles. The number of sulfone groups is 1. The van der Waals surface area contributed by atoms with Gasteiger partial charge in [-0.25, -0.2) is 13.2 Å². The molecule has 1 aromatic rings. The van der Waals surface area contributed by atoms with Gasteiger partial charge in [-0.3, -0.25) is 4.79 Å². The van der Waals surface area contributed by atoms with Gasteiger partial charge in [-0.05, 0) is 36.6 Å². The molecular formula is C14H17NO5S. The lowest BCUT2D eigenvalue weighted by molar-refractivity contribution is -0.116. The fourth-order valence-corrected chi connectivity index (χ4v) is 4.18. The third kappa shape index (κ3) is 4.29. The molecule has 1 heterocycles. The SMILES string of the molecule is COC(=O)c1ccc(NC(=O)C[C@H]2CCS(=O)(=O)C2)cc1. The van der Waals surface area contributed by atoms with E-state index in [0.29, 0.717) is 17.7 Å². The minimum absolute atomic E-state index is 0.0850. The van der Waals surface area contributed by atoms with Crippen LogP contribution in [0.5, 0.6) is 0 Å². The van der Waals surface area contributed by atoms with Gasteiger partial charge >= 0.3 is 5.97 Å². The van der Waals surface area contributed by atoms with Gasteiger partial charge in [0.25, 0.3) is 0 Å². The number of methoxy groups -OCH3 is 1. The number of amides is 1. The smallest absolute Gasteiger partial charge is 0.337 e. The van der Waals surface area contributed by atoms with Crippen LogP contribution in [0.3, 0.4) is 0 Å². The number of nitrogens with one attached hydrogen (secondary N) is 1. The summed E-state index contributed by atoms with van der Waals surface area (Å²) in [5.74, 6) is -0.517. The Morgan fingerprint density at radius 2 is 1.95 bits per heavy atom. The maximum atomic E-state index is 11.9. The van der Waals surface area contributed by atoms with E-state index in [1.807, 2.05) is 0 Å². The Morgan fingerprint density at radius 3 is 2.48 bits per heavy atom. The first kappa shape index (κ1) is 15.5. The molecule has 1 aromatic carbocycles. The number of rotatable bonds is 4. The van der Waals surface area contributed by atoms with Gasteiger partial charge in [-0.2, -0.15) is 0 Å². The van der Waals surface area contributed by atoms with Gasteiger partial charge in [0.1, 0.15) is 0 Å². The lowest BCUT2D eigenvalue weighted by Gasteiger charge is -2.09. The largest absolute Gasteiger partial charge is 0.465 e. The molecule has 1 fully saturated rings. The molecule has 0 bridgehead atoms. The van der Waals surface area contributed by atoms with Gasteiger partial charge < -0.3 is 10.1 Å². The summed E-state index contributed by atoms with van der Waals surface area (Å²) in [4.78, 5) is 23.1. The molecule has 0 aliphatic carbocycles. The molecule has 114 valence electrons. The second-order valence-corrected chi connectivity index (χ2v) is 7.32. The van der Waals surface area contributed by atoms with Crippen LogP contribution in [0.1, 0.15) is 23.2 Å². The van der Waals surface area contributed by atoms with Crippen molar-refractivity contribution >= 4 is 27.4 Å². The minimum atomic E-state index is -2.96. The number of carbonyl (C=O) groups excluding carboxylic acids is 2. The highest BCUT2D eigenvalue weighted by molar-refractivity contribution is 7.91. The zero-order chi connectivity index (χ0) is 15.5. The van der Waals surface area contributed by atoms with Crippen LogP contribution in [0, 0.1) is 5.92 Å². The van der Waals surface area contributed by atoms with Crippen LogP contribution in [0.4, 0.5) is 5.69 Å². The fraction of sp³-hybridized carbons (Fsp3) is 0.429. The van der Waals surface area contributed by atoms with Crippen molar-refractivity contribution < 1.29 is 22.7 Å². The van der Waals surface area contributed by atoms with Crippen LogP contribution >= 0.6 is 0 Å². The van der Waals surface area contributed by atoms with Crippen LogP contribution in [-0.4, -0.2) is 38.9 Å². The number of hydrogen-bond acceptors (Lipinski definition) is 5. The van der Waals surface area contributed by atoms with E-state index in [4.69, 9.17) is 0 Å². The van der Waals surface area contributed by atoms with Crippen LogP contribution in [0.15, 0.2) is 24.3 Å². The van der Waals surface area contributed by atoms with Gasteiger partial charge in [0.2, 0.25) is 5.91 Å². The normalized spacial score (nSPS) is 20.0. The van der Waals surface area contributed by atoms with Crippen LogP contribution in [-0.2, 0) is 19.4 Å². The first-order valence-electron chi connectivity index (χ1n) is 6.58. The van der Waals surface area contributed by atoms with Crippen LogP contribution in [0.2, 0.25) is 0 Å². The lowest BCUT2D eigenvalue weighted by Crippen LogP contribution is -2.17. The Bertz CT molecular complexity index is 636. The van der Waals surface area contributed by atoms with Crippen molar-refractivity contribution in [2.24, 2.45) is 5.92 Å². The highest BCUT2D eigenvalue weighted by atomic mass is 32.2. The number of ether oxygens (including phenoxy) is 1. The molecule has 2 rings (SSSR count). The summed E-state index contributed by atoms with van der Waals surface area (Å²) in [6.45, 7) is 0. The van der Waals surface area contributed by atoms with Crippen molar-refractivity contribution in [3.8, 4) is 0 Å². The Labute approximate surface area is 123 Å². The van der Waals surface area contributed by atoms with Crippen LogP contribution < -0.4 is 5.32 Å². The highest BCUT2D eigenvalue weighted by Gasteiger charge is 2.29. The van der Waals surface area contributed by atoms with Crippen molar-refractivity contribution in [1.29, 1.82) is 0 Å². The van der Waals surface area contributed by atoms with E-state index in [1.54, 1.807) is 24.3 Å². The van der Waals surface area contributed by atoms with E-state index in [-0.39, 0.29) is 29.8 Å². The quantitative estimate of drug-likeness (QED) is 0.845. The number of carbonyl (C=O) groups is 2. The fourth-order valence-electron chi connectivity index (χ4n) is 2.31. The summed E-state index contributed by atoms with van der Waals surface area (Å²) in [5, 5.41) is 2.69. The molecule has 7 heteroatoms. The molecule has 0 saturated carbocycles. The molecule has 0 unspecified atom stereocenters. The molecule has 1 aliphatic rings. The average molecular weight is 311 g/mol. The lowest BCUT2D eigenvalue weighted by atomic mass is 10.0. The highest BCUT2D eigenvalue weighted by Crippen LogP contribution is 2.22. The summed E-state index contributed by atoms with van der Waals surface area (Å²) in [7, 11) is -1.66. The third-order valence-corrected chi connectivity index (χ3v) is 5.23. The molecule has 1 atom stereocenters. The van der Waals surface area contributed by atoms with Crippen LogP contribution in [0.25, 0.3) is 0 Å². The zero-order valence-corrected chi connectivity index (χ0v) is 12.5. The first-order chi connectivity index (χ1) is 9.89. The van der Waals surface area contributed by atoms with Crippen molar-refractivity contribution in [3.63, 3.8) is 0 Å². The van der Waals surface area contributed by atoms with Crippen molar-refractivity contribution in [1.82, 2.24) is 0 Å². The Morgan fingerprint density at radius 1 is 1.29 bits per heavy atom. The maximum absolute atomic E-state index is 11.9. The molecule has 1 aliphatic heterocycles.